The third kappa shape index (κ3) is 1.13. The molecule has 0 aliphatic carbocycles. The number of likely N-dealkylation sites (N-methyl/N-ethyl adjacent to an activating group) is 1. The van der Waals surface area contributed by atoms with Crippen molar-refractivity contribution in [1.82, 2.24) is 5.32 Å². The largest absolute Gasteiger partial charge is 0.462 e. The molecule has 1 heterocycles. The molecule has 0 spiro atoms. The van der Waals surface area contributed by atoms with Crippen molar-refractivity contribution in [3.8, 4) is 0 Å². The lowest BCUT2D eigenvalue weighted by atomic mass is 10.5. The van der Waals surface area contributed by atoms with E-state index in [4.69, 9.17) is 9.47 Å². The van der Waals surface area contributed by atoms with Crippen LogP contribution < -0.4 is 5.32 Å². The highest BCUT2D eigenvalue weighted by Gasteiger charge is 2.02. The zero-order valence-electron chi connectivity index (χ0n) is 4.81. The highest BCUT2D eigenvalue weighted by atomic mass is 16.7. The number of nitrogens with one attached hydrogen (secondary N) is 1. The number of hydrogen-bond acceptors (Lipinski definition) is 3. The van der Waals surface area contributed by atoms with Crippen molar-refractivity contribution in [3.63, 3.8) is 0 Å². The summed E-state index contributed by atoms with van der Waals surface area (Å²) in [5, 5.41) is 2.94. The fourth-order valence-electron chi connectivity index (χ4n) is 0.538. The van der Waals surface area contributed by atoms with Crippen molar-refractivity contribution in [3.05, 3.63) is 12.0 Å². The quantitative estimate of drug-likeness (QED) is 0.551. The smallest absolute Gasteiger partial charge is 0.229 e. The molecule has 3 nitrogen and oxygen atoms in total. The van der Waals surface area contributed by atoms with Crippen molar-refractivity contribution < 1.29 is 9.47 Å². The Morgan fingerprint density at radius 2 is 2.75 bits per heavy atom. The van der Waals surface area contributed by atoms with Gasteiger partial charge in [0.2, 0.25) is 6.79 Å². The van der Waals surface area contributed by atoms with E-state index in [1.54, 1.807) is 6.26 Å². The predicted molar refractivity (Wildman–Crippen MR) is 29.0 cm³/mol. The first-order valence-electron chi connectivity index (χ1n) is 2.51. The van der Waals surface area contributed by atoms with Gasteiger partial charge in [0.15, 0.2) is 0 Å². The summed E-state index contributed by atoms with van der Waals surface area (Å²) in [5.74, 6) is 0.868. The van der Waals surface area contributed by atoms with E-state index in [0.717, 1.165) is 12.3 Å². The standard InChI is InChI=1S/C5H9NO2/c1-6-2-5-3-7-4-8-5/h3,6H,2,4H2,1H3. The van der Waals surface area contributed by atoms with E-state index in [0.29, 0.717) is 6.79 Å². The van der Waals surface area contributed by atoms with Crippen LogP contribution in [0.4, 0.5) is 0 Å². The van der Waals surface area contributed by atoms with Gasteiger partial charge in [-0.05, 0) is 7.05 Å². The maximum Gasteiger partial charge on any atom is 0.229 e. The Morgan fingerprint density at radius 1 is 1.88 bits per heavy atom. The van der Waals surface area contributed by atoms with Crippen molar-refractivity contribution in [2.75, 3.05) is 20.4 Å². The maximum atomic E-state index is 4.97. The third-order valence-electron chi connectivity index (χ3n) is 0.878. The molecule has 0 radical (unpaired) electrons. The molecule has 0 bridgehead atoms. The van der Waals surface area contributed by atoms with E-state index in [9.17, 15) is 0 Å². The Labute approximate surface area is 48.3 Å². The minimum atomic E-state index is 0.372. The molecule has 0 saturated carbocycles. The van der Waals surface area contributed by atoms with Gasteiger partial charge in [-0.2, -0.15) is 0 Å². The number of hydrogen-bond donors (Lipinski definition) is 1. The molecule has 0 saturated heterocycles. The van der Waals surface area contributed by atoms with Crippen LogP contribution in [0.1, 0.15) is 0 Å². The van der Waals surface area contributed by atoms with Gasteiger partial charge < -0.3 is 14.8 Å². The van der Waals surface area contributed by atoms with Crippen molar-refractivity contribution in [2.45, 2.75) is 0 Å². The van der Waals surface area contributed by atoms with Gasteiger partial charge in [-0.25, -0.2) is 0 Å². The number of ether oxygens (including phenoxy) is 2. The van der Waals surface area contributed by atoms with Crippen molar-refractivity contribution in [2.24, 2.45) is 0 Å². The van der Waals surface area contributed by atoms with E-state index < -0.39 is 0 Å². The second kappa shape index (κ2) is 2.57. The van der Waals surface area contributed by atoms with Gasteiger partial charge in [0.1, 0.15) is 12.0 Å². The number of rotatable bonds is 2. The molecular weight excluding hydrogens is 106 g/mol. The summed E-state index contributed by atoms with van der Waals surface area (Å²) in [7, 11) is 1.86. The molecule has 0 fully saturated rings. The molecule has 1 rings (SSSR count). The third-order valence-corrected chi connectivity index (χ3v) is 0.878. The zero-order chi connectivity index (χ0) is 5.82. The summed E-state index contributed by atoms with van der Waals surface area (Å²) < 4.78 is 9.76. The first-order valence-corrected chi connectivity index (χ1v) is 2.51. The van der Waals surface area contributed by atoms with E-state index >= 15 is 0 Å². The fraction of sp³-hybridized carbons (Fsp3) is 0.600. The van der Waals surface area contributed by atoms with Gasteiger partial charge in [-0.1, -0.05) is 0 Å². The van der Waals surface area contributed by atoms with Crippen LogP contribution in [0.2, 0.25) is 0 Å². The summed E-state index contributed by atoms with van der Waals surface area (Å²) in [5.41, 5.74) is 0. The normalized spacial score (nSPS) is 16.9. The molecule has 0 unspecified atom stereocenters. The molecular formula is C5H9NO2. The molecule has 3 heteroatoms. The zero-order valence-corrected chi connectivity index (χ0v) is 4.81. The molecule has 0 aromatic carbocycles. The van der Waals surface area contributed by atoms with E-state index in [2.05, 4.69) is 5.32 Å². The minimum absolute atomic E-state index is 0.372. The minimum Gasteiger partial charge on any atom is -0.462 e. The second-order valence-electron chi connectivity index (χ2n) is 1.54. The van der Waals surface area contributed by atoms with E-state index in [-0.39, 0.29) is 0 Å². The Hall–Kier alpha value is -0.700. The Balaban J connectivity index is 2.23. The SMILES string of the molecule is CNCC1=COCO1. The van der Waals surface area contributed by atoms with Crippen LogP contribution in [-0.4, -0.2) is 20.4 Å². The van der Waals surface area contributed by atoms with E-state index in [1.165, 1.54) is 0 Å². The summed E-state index contributed by atoms with van der Waals surface area (Å²) in [6.07, 6.45) is 1.62. The highest BCUT2D eigenvalue weighted by molar-refractivity contribution is 4.91. The first kappa shape index (κ1) is 5.44. The van der Waals surface area contributed by atoms with Gasteiger partial charge in [0, 0.05) is 0 Å². The van der Waals surface area contributed by atoms with Gasteiger partial charge >= 0.3 is 0 Å². The monoisotopic (exact) mass is 115 g/mol. The highest BCUT2D eigenvalue weighted by Crippen LogP contribution is 2.03. The van der Waals surface area contributed by atoms with Crippen LogP contribution in [0.3, 0.4) is 0 Å². The Morgan fingerprint density at radius 3 is 3.25 bits per heavy atom. The maximum absolute atomic E-state index is 4.97. The Kier molecular flexibility index (Phi) is 1.75. The van der Waals surface area contributed by atoms with Crippen LogP contribution in [0.25, 0.3) is 0 Å². The molecule has 0 atom stereocenters. The van der Waals surface area contributed by atoms with Gasteiger partial charge in [0.05, 0.1) is 6.54 Å². The second-order valence-corrected chi connectivity index (χ2v) is 1.54. The molecule has 0 amide bonds. The van der Waals surface area contributed by atoms with Gasteiger partial charge in [0.25, 0.3) is 0 Å². The fourth-order valence-corrected chi connectivity index (χ4v) is 0.538. The van der Waals surface area contributed by atoms with Gasteiger partial charge in [-0.3, -0.25) is 0 Å². The molecule has 0 aromatic rings. The average Bonchev–Trinajstić information content (AvgIpc) is 2.19. The average molecular weight is 115 g/mol. The molecule has 1 aliphatic rings. The predicted octanol–water partition coefficient (Wildman–Crippen LogP) is 0.0515. The molecule has 8 heavy (non-hydrogen) atoms. The summed E-state index contributed by atoms with van der Waals surface area (Å²) in [4.78, 5) is 0. The molecule has 46 valence electrons. The summed E-state index contributed by atoms with van der Waals surface area (Å²) in [6.45, 7) is 1.12. The lowest BCUT2D eigenvalue weighted by molar-refractivity contribution is 0.0792. The summed E-state index contributed by atoms with van der Waals surface area (Å²) >= 11 is 0. The van der Waals surface area contributed by atoms with Crippen LogP contribution in [-0.2, 0) is 9.47 Å². The van der Waals surface area contributed by atoms with Crippen LogP contribution in [0.5, 0.6) is 0 Å². The topological polar surface area (TPSA) is 30.5 Å². The lowest BCUT2D eigenvalue weighted by Crippen LogP contribution is -2.10. The van der Waals surface area contributed by atoms with E-state index in [1.807, 2.05) is 7.05 Å². The first-order chi connectivity index (χ1) is 3.93. The van der Waals surface area contributed by atoms with Crippen LogP contribution >= 0.6 is 0 Å². The van der Waals surface area contributed by atoms with Crippen LogP contribution in [0, 0.1) is 0 Å². The van der Waals surface area contributed by atoms with Gasteiger partial charge in [-0.15, -0.1) is 0 Å². The van der Waals surface area contributed by atoms with Crippen molar-refractivity contribution >= 4 is 0 Å². The molecule has 0 aromatic heterocycles. The Bertz CT molecular complexity index is 101. The molecule has 1 N–H and O–H groups in total. The summed E-state index contributed by atoms with van der Waals surface area (Å²) in [6, 6.07) is 0. The molecule has 1 aliphatic heterocycles. The van der Waals surface area contributed by atoms with Crippen molar-refractivity contribution in [1.29, 1.82) is 0 Å². The lowest BCUT2D eigenvalue weighted by Gasteiger charge is -1.96. The van der Waals surface area contributed by atoms with Crippen LogP contribution in [0.15, 0.2) is 12.0 Å².